The van der Waals surface area contributed by atoms with E-state index in [0.29, 0.717) is 0 Å². The first-order valence-electron chi connectivity index (χ1n) is 7.30. The zero-order valence-corrected chi connectivity index (χ0v) is 12.1. The van der Waals surface area contributed by atoms with Crippen molar-refractivity contribution < 1.29 is 0 Å². The van der Waals surface area contributed by atoms with Crippen LogP contribution in [0.15, 0.2) is 35.3 Å². The summed E-state index contributed by atoms with van der Waals surface area (Å²) in [7, 11) is 0. The summed E-state index contributed by atoms with van der Waals surface area (Å²) in [5, 5.41) is 0. The van der Waals surface area contributed by atoms with Gasteiger partial charge in [-0.3, -0.25) is 4.99 Å². The summed E-state index contributed by atoms with van der Waals surface area (Å²) >= 11 is 0. The van der Waals surface area contributed by atoms with E-state index in [4.69, 9.17) is 0 Å². The second kappa shape index (κ2) is 8.91. The van der Waals surface area contributed by atoms with Crippen LogP contribution >= 0.6 is 0 Å². The van der Waals surface area contributed by atoms with Crippen LogP contribution in [0.3, 0.4) is 0 Å². The van der Waals surface area contributed by atoms with Crippen molar-refractivity contribution in [2.75, 3.05) is 0 Å². The van der Waals surface area contributed by atoms with Crippen LogP contribution in [0.1, 0.15) is 64.5 Å². The highest BCUT2D eigenvalue weighted by atomic mass is 14.7. The summed E-state index contributed by atoms with van der Waals surface area (Å²) in [4.78, 5) is 4.62. The SMILES string of the molecule is CCCCC(C)CCC=N[C@@H](C)c1ccccc1. The molecule has 0 saturated carbocycles. The average Bonchev–Trinajstić information content (AvgIpc) is 2.42. The number of hydrogen-bond donors (Lipinski definition) is 0. The minimum absolute atomic E-state index is 0.289. The van der Waals surface area contributed by atoms with Crippen LogP contribution in [-0.2, 0) is 0 Å². The molecule has 0 saturated heterocycles. The Labute approximate surface area is 112 Å². The Hall–Kier alpha value is -1.11. The number of rotatable bonds is 8. The van der Waals surface area contributed by atoms with Gasteiger partial charge in [-0.2, -0.15) is 0 Å². The van der Waals surface area contributed by atoms with Gasteiger partial charge >= 0.3 is 0 Å². The van der Waals surface area contributed by atoms with Gasteiger partial charge < -0.3 is 0 Å². The topological polar surface area (TPSA) is 12.4 Å². The summed E-state index contributed by atoms with van der Waals surface area (Å²) in [5.74, 6) is 0.837. The van der Waals surface area contributed by atoms with Crippen molar-refractivity contribution in [1.82, 2.24) is 0 Å². The molecule has 0 bridgehead atoms. The molecule has 1 aromatic carbocycles. The zero-order chi connectivity index (χ0) is 13.2. The fourth-order valence-electron chi connectivity index (χ4n) is 2.11. The van der Waals surface area contributed by atoms with E-state index in [-0.39, 0.29) is 6.04 Å². The van der Waals surface area contributed by atoms with E-state index in [1.54, 1.807) is 0 Å². The van der Waals surface area contributed by atoms with Gasteiger partial charge in [0.15, 0.2) is 0 Å². The van der Waals surface area contributed by atoms with Crippen molar-refractivity contribution >= 4 is 6.21 Å². The smallest absolute Gasteiger partial charge is 0.0716 e. The molecular weight excluding hydrogens is 218 g/mol. The molecule has 0 N–H and O–H groups in total. The van der Waals surface area contributed by atoms with Crippen molar-refractivity contribution in [3.63, 3.8) is 0 Å². The van der Waals surface area contributed by atoms with Gasteiger partial charge in [-0.1, -0.05) is 63.4 Å². The monoisotopic (exact) mass is 245 g/mol. The summed E-state index contributed by atoms with van der Waals surface area (Å²) in [6, 6.07) is 10.8. The van der Waals surface area contributed by atoms with Crippen LogP contribution in [0.5, 0.6) is 0 Å². The molecule has 2 atom stereocenters. The molecule has 1 heteroatoms. The molecule has 0 aliphatic heterocycles. The fourth-order valence-corrected chi connectivity index (χ4v) is 2.11. The maximum absolute atomic E-state index is 4.62. The molecule has 0 radical (unpaired) electrons. The Balaban J connectivity index is 2.24. The summed E-state index contributed by atoms with van der Waals surface area (Å²) in [6.07, 6.45) is 8.52. The molecule has 0 aliphatic rings. The third-order valence-corrected chi connectivity index (χ3v) is 3.45. The minimum Gasteiger partial charge on any atom is -0.290 e. The molecule has 1 unspecified atom stereocenters. The van der Waals surface area contributed by atoms with E-state index >= 15 is 0 Å². The molecule has 18 heavy (non-hydrogen) atoms. The Kier molecular flexibility index (Phi) is 7.40. The van der Waals surface area contributed by atoms with E-state index in [1.165, 1.54) is 31.2 Å². The molecule has 0 amide bonds. The molecule has 0 aromatic heterocycles. The van der Waals surface area contributed by atoms with E-state index in [1.807, 2.05) is 0 Å². The second-order valence-electron chi connectivity index (χ2n) is 5.24. The highest BCUT2D eigenvalue weighted by Gasteiger charge is 2.02. The van der Waals surface area contributed by atoms with Gasteiger partial charge in [0, 0.05) is 0 Å². The highest BCUT2D eigenvalue weighted by Crippen LogP contribution is 2.16. The number of unbranched alkanes of at least 4 members (excludes halogenated alkanes) is 1. The summed E-state index contributed by atoms with van der Waals surface area (Å²) < 4.78 is 0. The predicted octanol–water partition coefficient (Wildman–Crippen LogP) is 5.42. The lowest BCUT2D eigenvalue weighted by Gasteiger charge is -2.09. The van der Waals surface area contributed by atoms with Crippen LogP contribution in [0, 0.1) is 5.92 Å². The molecule has 1 rings (SSSR count). The zero-order valence-electron chi connectivity index (χ0n) is 12.1. The first-order chi connectivity index (χ1) is 8.74. The predicted molar refractivity (Wildman–Crippen MR) is 81.3 cm³/mol. The molecule has 100 valence electrons. The maximum atomic E-state index is 4.62. The normalized spacial score (nSPS) is 14.8. The van der Waals surface area contributed by atoms with E-state index in [9.17, 15) is 0 Å². The molecular formula is C17H27N. The lowest BCUT2D eigenvalue weighted by Crippen LogP contribution is -1.96. The van der Waals surface area contributed by atoms with Crippen LogP contribution in [0.25, 0.3) is 0 Å². The van der Waals surface area contributed by atoms with E-state index in [2.05, 4.69) is 62.3 Å². The van der Waals surface area contributed by atoms with Gasteiger partial charge in [-0.15, -0.1) is 0 Å². The highest BCUT2D eigenvalue weighted by molar-refractivity contribution is 5.57. The minimum atomic E-state index is 0.289. The maximum Gasteiger partial charge on any atom is 0.0716 e. The van der Waals surface area contributed by atoms with Gasteiger partial charge in [0.1, 0.15) is 0 Å². The third-order valence-electron chi connectivity index (χ3n) is 3.45. The molecule has 0 aliphatic carbocycles. The first-order valence-corrected chi connectivity index (χ1v) is 7.30. The van der Waals surface area contributed by atoms with Crippen molar-refractivity contribution in [2.24, 2.45) is 10.9 Å². The van der Waals surface area contributed by atoms with Crippen LogP contribution in [0.2, 0.25) is 0 Å². The Morgan fingerprint density at radius 3 is 2.50 bits per heavy atom. The largest absolute Gasteiger partial charge is 0.290 e. The standard InChI is InChI=1S/C17H27N/c1-4-5-10-15(2)11-9-14-18-16(3)17-12-7-6-8-13-17/h6-8,12-16H,4-5,9-11H2,1-3H3/t15?,16-/m0/s1. The van der Waals surface area contributed by atoms with Crippen LogP contribution in [-0.4, -0.2) is 6.21 Å². The van der Waals surface area contributed by atoms with Crippen molar-refractivity contribution in [3.8, 4) is 0 Å². The molecule has 1 aromatic rings. The molecule has 0 heterocycles. The van der Waals surface area contributed by atoms with Crippen LogP contribution in [0.4, 0.5) is 0 Å². The Bertz CT molecular complexity index is 329. The van der Waals surface area contributed by atoms with E-state index < -0.39 is 0 Å². The third kappa shape index (κ3) is 6.00. The fraction of sp³-hybridized carbons (Fsp3) is 0.588. The second-order valence-corrected chi connectivity index (χ2v) is 5.24. The number of nitrogens with zero attached hydrogens (tertiary/aromatic N) is 1. The van der Waals surface area contributed by atoms with Gasteiger partial charge in [0.25, 0.3) is 0 Å². The van der Waals surface area contributed by atoms with Crippen molar-refractivity contribution in [3.05, 3.63) is 35.9 Å². The molecule has 1 nitrogen and oxygen atoms in total. The van der Waals surface area contributed by atoms with Crippen molar-refractivity contribution in [1.29, 1.82) is 0 Å². The van der Waals surface area contributed by atoms with Crippen LogP contribution < -0.4 is 0 Å². The van der Waals surface area contributed by atoms with Gasteiger partial charge in [-0.25, -0.2) is 0 Å². The Morgan fingerprint density at radius 1 is 1.11 bits per heavy atom. The van der Waals surface area contributed by atoms with E-state index in [0.717, 1.165) is 12.3 Å². The van der Waals surface area contributed by atoms with Crippen molar-refractivity contribution in [2.45, 2.75) is 58.9 Å². The lowest BCUT2D eigenvalue weighted by molar-refractivity contribution is 0.481. The average molecular weight is 245 g/mol. The number of benzene rings is 1. The summed E-state index contributed by atoms with van der Waals surface area (Å²) in [5.41, 5.74) is 1.30. The quantitative estimate of drug-likeness (QED) is 0.542. The van der Waals surface area contributed by atoms with Gasteiger partial charge in [0.05, 0.1) is 6.04 Å². The lowest BCUT2D eigenvalue weighted by atomic mass is 9.99. The van der Waals surface area contributed by atoms with Gasteiger partial charge in [0.2, 0.25) is 0 Å². The molecule has 0 fully saturated rings. The Morgan fingerprint density at radius 2 is 1.83 bits per heavy atom. The number of hydrogen-bond acceptors (Lipinski definition) is 1. The summed E-state index contributed by atoms with van der Waals surface area (Å²) in [6.45, 7) is 6.77. The van der Waals surface area contributed by atoms with Gasteiger partial charge in [-0.05, 0) is 37.5 Å². The molecule has 0 spiro atoms. The first kappa shape index (κ1) is 14.9. The number of aliphatic imine (C=N–C) groups is 1.